The van der Waals surface area contributed by atoms with E-state index in [0.717, 1.165) is 49.7 Å². The van der Waals surface area contributed by atoms with Gasteiger partial charge in [-0.2, -0.15) is 0 Å². The number of aryl methyl sites for hydroxylation is 1. The zero-order valence-electron chi connectivity index (χ0n) is 17.4. The monoisotopic (exact) mass is 404 g/mol. The van der Waals surface area contributed by atoms with Crippen LogP contribution in [-0.2, 0) is 17.8 Å². The Morgan fingerprint density at radius 2 is 1.87 bits per heavy atom. The van der Waals surface area contributed by atoms with E-state index >= 15 is 0 Å². The first-order chi connectivity index (χ1) is 14.7. The van der Waals surface area contributed by atoms with Crippen LogP contribution >= 0.6 is 0 Å². The van der Waals surface area contributed by atoms with Crippen LogP contribution in [0.3, 0.4) is 0 Å². The topological polar surface area (TPSA) is 61.6 Å². The number of aromatic nitrogens is 1. The number of rotatable bonds is 7. The lowest BCUT2D eigenvalue weighted by atomic mass is 10.1. The first-order valence-corrected chi connectivity index (χ1v) is 10.5. The number of nitrogens with one attached hydrogen (secondary N) is 1. The van der Waals surface area contributed by atoms with Crippen LogP contribution in [0.15, 0.2) is 65.2 Å². The van der Waals surface area contributed by atoms with Crippen molar-refractivity contribution in [2.45, 2.75) is 19.4 Å². The summed E-state index contributed by atoms with van der Waals surface area (Å²) in [6, 6.07) is 18.0. The molecule has 1 aromatic heterocycles. The Kier molecular flexibility index (Phi) is 6.57. The van der Waals surface area contributed by atoms with Crippen molar-refractivity contribution in [2.24, 2.45) is 0 Å². The van der Waals surface area contributed by atoms with Crippen LogP contribution in [-0.4, -0.2) is 53.9 Å². The Morgan fingerprint density at radius 1 is 1.07 bits per heavy atom. The average molecular weight is 405 g/mol. The molecule has 0 saturated carbocycles. The smallest absolute Gasteiger partial charge is 0.224 e. The number of benzene rings is 2. The van der Waals surface area contributed by atoms with Gasteiger partial charge in [0, 0.05) is 56.8 Å². The van der Waals surface area contributed by atoms with Gasteiger partial charge in [-0.3, -0.25) is 9.69 Å². The van der Waals surface area contributed by atoms with Gasteiger partial charge in [0.2, 0.25) is 5.91 Å². The zero-order chi connectivity index (χ0) is 20.8. The molecular formula is C24H28N4O2. The lowest BCUT2D eigenvalue weighted by Crippen LogP contribution is -2.43. The van der Waals surface area contributed by atoms with Crippen LogP contribution in [0.5, 0.6) is 0 Å². The van der Waals surface area contributed by atoms with Crippen molar-refractivity contribution in [3.8, 4) is 11.3 Å². The number of anilines is 1. The summed E-state index contributed by atoms with van der Waals surface area (Å²) in [4.78, 5) is 21.5. The van der Waals surface area contributed by atoms with Gasteiger partial charge >= 0.3 is 0 Å². The number of carbonyl (C=O) groups is 1. The zero-order valence-corrected chi connectivity index (χ0v) is 17.4. The van der Waals surface area contributed by atoms with Gasteiger partial charge in [-0.15, -0.1) is 0 Å². The van der Waals surface area contributed by atoms with Gasteiger partial charge in [-0.05, 0) is 24.7 Å². The van der Waals surface area contributed by atoms with E-state index in [0.29, 0.717) is 18.7 Å². The SMILES string of the molecule is CN1CCN(Cc2cccc(NC(=O)CCc3ncc(-c4ccccc4)o3)c2)CC1. The maximum Gasteiger partial charge on any atom is 0.224 e. The summed E-state index contributed by atoms with van der Waals surface area (Å²) >= 11 is 0. The van der Waals surface area contributed by atoms with Crippen LogP contribution < -0.4 is 5.32 Å². The number of oxazole rings is 1. The molecular weight excluding hydrogens is 376 g/mol. The van der Waals surface area contributed by atoms with Crippen LogP contribution in [0.1, 0.15) is 17.9 Å². The van der Waals surface area contributed by atoms with Gasteiger partial charge in [-0.25, -0.2) is 4.98 Å². The molecule has 6 heteroatoms. The maximum absolute atomic E-state index is 12.4. The molecule has 1 saturated heterocycles. The van der Waals surface area contributed by atoms with E-state index in [1.807, 2.05) is 42.5 Å². The number of hydrogen-bond donors (Lipinski definition) is 1. The van der Waals surface area contributed by atoms with Gasteiger partial charge in [-0.1, -0.05) is 42.5 Å². The van der Waals surface area contributed by atoms with Crippen LogP contribution in [0.4, 0.5) is 5.69 Å². The summed E-state index contributed by atoms with van der Waals surface area (Å²) in [5.74, 6) is 1.27. The van der Waals surface area contributed by atoms with E-state index in [9.17, 15) is 4.79 Å². The van der Waals surface area contributed by atoms with Gasteiger partial charge in [0.25, 0.3) is 0 Å². The summed E-state index contributed by atoms with van der Waals surface area (Å²) in [6.07, 6.45) is 2.52. The molecule has 2 heterocycles. The second kappa shape index (κ2) is 9.69. The van der Waals surface area contributed by atoms with Crippen molar-refractivity contribution in [1.29, 1.82) is 0 Å². The maximum atomic E-state index is 12.4. The van der Waals surface area contributed by atoms with Gasteiger partial charge in [0.1, 0.15) is 0 Å². The molecule has 1 amide bonds. The van der Waals surface area contributed by atoms with E-state index in [2.05, 4.69) is 39.3 Å². The minimum Gasteiger partial charge on any atom is -0.441 e. The van der Waals surface area contributed by atoms with Gasteiger partial charge in [0.05, 0.1) is 6.20 Å². The highest BCUT2D eigenvalue weighted by Gasteiger charge is 2.14. The molecule has 0 atom stereocenters. The molecule has 3 aromatic rings. The predicted octanol–water partition coefficient (Wildman–Crippen LogP) is 3.66. The molecule has 0 bridgehead atoms. The molecule has 0 radical (unpaired) electrons. The molecule has 0 unspecified atom stereocenters. The van der Waals surface area contributed by atoms with Gasteiger partial charge < -0.3 is 14.6 Å². The number of carbonyl (C=O) groups excluding carboxylic acids is 1. The normalized spacial score (nSPS) is 15.2. The van der Waals surface area contributed by atoms with E-state index in [1.165, 1.54) is 5.56 Å². The lowest BCUT2D eigenvalue weighted by molar-refractivity contribution is -0.116. The number of likely N-dealkylation sites (N-methyl/N-ethyl adjacent to an activating group) is 1. The van der Waals surface area contributed by atoms with Crippen molar-refractivity contribution < 1.29 is 9.21 Å². The van der Waals surface area contributed by atoms with Crippen LogP contribution in [0.25, 0.3) is 11.3 Å². The highest BCUT2D eigenvalue weighted by atomic mass is 16.4. The van der Waals surface area contributed by atoms with Crippen LogP contribution in [0.2, 0.25) is 0 Å². The van der Waals surface area contributed by atoms with Crippen molar-refractivity contribution in [2.75, 3.05) is 38.5 Å². The fourth-order valence-electron chi connectivity index (χ4n) is 3.62. The fraction of sp³-hybridized carbons (Fsp3) is 0.333. The van der Waals surface area contributed by atoms with E-state index in [-0.39, 0.29) is 5.91 Å². The first-order valence-electron chi connectivity index (χ1n) is 10.5. The Labute approximate surface area is 177 Å². The molecule has 0 spiro atoms. The lowest BCUT2D eigenvalue weighted by Gasteiger charge is -2.32. The summed E-state index contributed by atoms with van der Waals surface area (Å²) < 4.78 is 5.78. The summed E-state index contributed by atoms with van der Waals surface area (Å²) in [5, 5.41) is 3.00. The summed E-state index contributed by atoms with van der Waals surface area (Å²) in [5.41, 5.74) is 3.04. The minimum absolute atomic E-state index is 0.0359. The summed E-state index contributed by atoms with van der Waals surface area (Å²) in [7, 11) is 2.16. The molecule has 1 fully saturated rings. The van der Waals surface area contributed by atoms with Crippen LogP contribution in [0, 0.1) is 0 Å². The van der Waals surface area contributed by atoms with E-state index in [1.54, 1.807) is 6.20 Å². The largest absolute Gasteiger partial charge is 0.441 e. The molecule has 0 aliphatic carbocycles. The molecule has 1 aliphatic rings. The fourth-order valence-corrected chi connectivity index (χ4v) is 3.62. The third kappa shape index (κ3) is 5.55. The predicted molar refractivity (Wildman–Crippen MR) is 118 cm³/mol. The highest BCUT2D eigenvalue weighted by molar-refractivity contribution is 5.90. The molecule has 4 rings (SSSR count). The molecule has 1 N–H and O–H groups in total. The summed E-state index contributed by atoms with van der Waals surface area (Å²) in [6.45, 7) is 5.27. The van der Waals surface area contributed by atoms with Crippen molar-refractivity contribution >= 4 is 11.6 Å². The average Bonchev–Trinajstić information content (AvgIpc) is 3.24. The second-order valence-corrected chi connectivity index (χ2v) is 7.81. The second-order valence-electron chi connectivity index (χ2n) is 7.81. The third-order valence-corrected chi connectivity index (χ3v) is 5.39. The molecule has 156 valence electrons. The molecule has 6 nitrogen and oxygen atoms in total. The first kappa shape index (κ1) is 20.3. The number of piperazine rings is 1. The standard InChI is InChI=1S/C24H28N4O2/c1-27-12-14-28(15-13-27)18-19-6-5-9-21(16-19)26-23(29)10-11-24-25-17-22(30-24)20-7-3-2-4-8-20/h2-9,16-17H,10-15,18H2,1H3,(H,26,29). The molecule has 30 heavy (non-hydrogen) atoms. The molecule has 2 aromatic carbocycles. The number of hydrogen-bond acceptors (Lipinski definition) is 5. The van der Waals surface area contributed by atoms with Gasteiger partial charge in [0.15, 0.2) is 11.7 Å². The number of nitrogens with zero attached hydrogens (tertiary/aromatic N) is 3. The Morgan fingerprint density at radius 3 is 2.67 bits per heavy atom. The van der Waals surface area contributed by atoms with Crippen molar-refractivity contribution in [3.63, 3.8) is 0 Å². The Balaban J connectivity index is 1.28. The minimum atomic E-state index is -0.0359. The molecule has 1 aliphatic heterocycles. The van der Waals surface area contributed by atoms with Crippen molar-refractivity contribution in [3.05, 3.63) is 72.2 Å². The Bertz CT molecular complexity index is 962. The van der Waals surface area contributed by atoms with E-state index < -0.39 is 0 Å². The van der Waals surface area contributed by atoms with E-state index in [4.69, 9.17) is 4.42 Å². The van der Waals surface area contributed by atoms with Crippen molar-refractivity contribution in [1.82, 2.24) is 14.8 Å². The quantitative estimate of drug-likeness (QED) is 0.651. The Hall–Kier alpha value is -2.96. The third-order valence-electron chi connectivity index (χ3n) is 5.39. The number of amides is 1. The highest BCUT2D eigenvalue weighted by Crippen LogP contribution is 2.20.